The minimum atomic E-state index is -3.44. The van der Waals surface area contributed by atoms with Crippen LogP contribution in [0.3, 0.4) is 0 Å². The van der Waals surface area contributed by atoms with Crippen LogP contribution in [0.5, 0.6) is 0 Å². The molecule has 0 aromatic heterocycles. The van der Waals surface area contributed by atoms with Crippen LogP contribution in [0.2, 0.25) is 0 Å². The minimum absolute atomic E-state index is 0.385. The van der Waals surface area contributed by atoms with Crippen LogP contribution in [-0.2, 0) is 14.6 Å². The van der Waals surface area contributed by atoms with E-state index in [4.69, 9.17) is 0 Å². The fourth-order valence-corrected chi connectivity index (χ4v) is 3.03. The van der Waals surface area contributed by atoms with Gasteiger partial charge in [0, 0.05) is 6.92 Å². The Morgan fingerprint density at radius 2 is 1.67 bits per heavy atom. The summed E-state index contributed by atoms with van der Waals surface area (Å²) in [6, 6.07) is 0. The van der Waals surface area contributed by atoms with E-state index in [0.717, 1.165) is 26.2 Å². The third-order valence-corrected chi connectivity index (χ3v) is 4.54. The first-order valence-corrected chi connectivity index (χ1v) is 5.84. The van der Waals surface area contributed by atoms with Crippen molar-refractivity contribution < 1.29 is 13.2 Å². The Bertz CT molecular complexity index is 260. The lowest BCUT2D eigenvalue weighted by molar-refractivity contribution is -0.110. The van der Waals surface area contributed by atoms with Gasteiger partial charge in [-0.25, -0.2) is 8.42 Å². The van der Waals surface area contributed by atoms with Gasteiger partial charge in [-0.05, 0) is 12.8 Å². The number of carbonyl (C=O) groups is 1. The number of hydrogen-bond acceptors (Lipinski definition) is 3. The number of sulfone groups is 1. The van der Waals surface area contributed by atoms with Gasteiger partial charge in [0.25, 0.3) is 0 Å². The van der Waals surface area contributed by atoms with Gasteiger partial charge >= 0.3 is 0 Å². The average molecular weight is 190 g/mol. The second kappa shape index (κ2) is 3.56. The minimum Gasteiger partial charge on any atom is -0.282 e. The zero-order chi connectivity index (χ0) is 9.19. The molecule has 0 aromatic carbocycles. The second-order valence-electron chi connectivity index (χ2n) is 3.30. The summed E-state index contributed by atoms with van der Waals surface area (Å²) < 4.78 is 22.7. The van der Waals surface area contributed by atoms with E-state index in [1.807, 2.05) is 0 Å². The molecule has 12 heavy (non-hydrogen) atoms. The molecule has 0 bridgehead atoms. The van der Waals surface area contributed by atoms with Crippen molar-refractivity contribution >= 4 is 15.0 Å². The number of carbonyl (C=O) groups excluding carboxylic acids is 1. The van der Waals surface area contributed by atoms with Crippen molar-refractivity contribution in [2.75, 3.05) is 0 Å². The molecular formula is C8H14O3S. The summed E-state index contributed by atoms with van der Waals surface area (Å²) >= 11 is 0. The Kier molecular flexibility index (Phi) is 2.88. The highest BCUT2D eigenvalue weighted by molar-refractivity contribution is 8.06. The molecule has 0 unspecified atom stereocenters. The van der Waals surface area contributed by atoms with Crippen molar-refractivity contribution in [1.82, 2.24) is 0 Å². The molecule has 1 aliphatic carbocycles. The van der Waals surface area contributed by atoms with E-state index in [1.54, 1.807) is 0 Å². The van der Waals surface area contributed by atoms with Crippen LogP contribution in [0.1, 0.15) is 39.0 Å². The van der Waals surface area contributed by atoms with Gasteiger partial charge in [-0.15, -0.1) is 0 Å². The zero-order valence-electron chi connectivity index (χ0n) is 7.25. The van der Waals surface area contributed by atoms with Crippen LogP contribution in [0.4, 0.5) is 0 Å². The van der Waals surface area contributed by atoms with Crippen molar-refractivity contribution in [3.63, 3.8) is 0 Å². The van der Waals surface area contributed by atoms with Crippen molar-refractivity contribution in [3.8, 4) is 0 Å². The molecular weight excluding hydrogens is 176 g/mol. The van der Waals surface area contributed by atoms with Crippen molar-refractivity contribution in [3.05, 3.63) is 0 Å². The van der Waals surface area contributed by atoms with Crippen LogP contribution in [-0.4, -0.2) is 18.8 Å². The standard InChI is InChI=1S/C8H14O3S/c1-7(9)12(10,11)8-5-3-2-4-6-8/h8H,2-6H2,1H3. The maximum atomic E-state index is 11.3. The van der Waals surface area contributed by atoms with Gasteiger partial charge in [0.15, 0.2) is 0 Å². The Morgan fingerprint density at radius 1 is 1.17 bits per heavy atom. The van der Waals surface area contributed by atoms with Gasteiger partial charge in [0.05, 0.1) is 5.25 Å². The molecule has 0 heterocycles. The van der Waals surface area contributed by atoms with Crippen molar-refractivity contribution in [2.45, 2.75) is 44.3 Å². The molecule has 0 saturated heterocycles. The molecule has 1 rings (SSSR count). The summed E-state index contributed by atoms with van der Waals surface area (Å²) in [5, 5.41) is -1.06. The van der Waals surface area contributed by atoms with Gasteiger partial charge in [-0.3, -0.25) is 4.79 Å². The molecule has 4 heteroatoms. The Labute approximate surface area is 73.1 Å². The SMILES string of the molecule is CC(=O)S(=O)(=O)C1CCCCC1. The highest BCUT2D eigenvalue weighted by Gasteiger charge is 2.30. The zero-order valence-corrected chi connectivity index (χ0v) is 8.06. The van der Waals surface area contributed by atoms with Crippen molar-refractivity contribution in [2.24, 2.45) is 0 Å². The van der Waals surface area contributed by atoms with Crippen molar-refractivity contribution in [1.29, 1.82) is 0 Å². The molecule has 0 atom stereocenters. The number of hydrogen-bond donors (Lipinski definition) is 0. The molecule has 0 amide bonds. The maximum absolute atomic E-state index is 11.3. The van der Waals surface area contributed by atoms with Crippen LogP contribution < -0.4 is 0 Å². The van der Waals surface area contributed by atoms with E-state index in [9.17, 15) is 13.2 Å². The molecule has 70 valence electrons. The number of rotatable bonds is 1. The van der Waals surface area contributed by atoms with E-state index < -0.39 is 15.0 Å². The molecule has 1 aliphatic rings. The highest BCUT2D eigenvalue weighted by Crippen LogP contribution is 2.24. The second-order valence-corrected chi connectivity index (χ2v) is 5.63. The fraction of sp³-hybridized carbons (Fsp3) is 0.875. The predicted molar refractivity (Wildman–Crippen MR) is 46.5 cm³/mol. The van der Waals surface area contributed by atoms with Crippen LogP contribution >= 0.6 is 0 Å². The first kappa shape index (κ1) is 9.71. The van der Waals surface area contributed by atoms with E-state index in [2.05, 4.69) is 0 Å². The first-order valence-electron chi connectivity index (χ1n) is 4.29. The third-order valence-electron chi connectivity index (χ3n) is 2.39. The molecule has 3 nitrogen and oxygen atoms in total. The van der Waals surface area contributed by atoms with Gasteiger partial charge in [0.2, 0.25) is 15.0 Å². The van der Waals surface area contributed by atoms with Crippen LogP contribution in [0.15, 0.2) is 0 Å². The van der Waals surface area contributed by atoms with Crippen LogP contribution in [0.25, 0.3) is 0 Å². The van der Waals surface area contributed by atoms with Gasteiger partial charge in [-0.2, -0.15) is 0 Å². The monoisotopic (exact) mass is 190 g/mol. The highest BCUT2D eigenvalue weighted by atomic mass is 32.2. The summed E-state index contributed by atoms with van der Waals surface area (Å²) in [4.78, 5) is 10.8. The molecule has 1 fully saturated rings. The van der Waals surface area contributed by atoms with E-state index in [1.165, 1.54) is 0 Å². The summed E-state index contributed by atoms with van der Waals surface area (Å²) in [6.45, 7) is 1.14. The smallest absolute Gasteiger partial charge is 0.243 e. The molecule has 0 spiro atoms. The van der Waals surface area contributed by atoms with Gasteiger partial charge in [-0.1, -0.05) is 19.3 Å². The Morgan fingerprint density at radius 3 is 2.08 bits per heavy atom. The Hall–Kier alpha value is -0.380. The molecule has 0 aliphatic heterocycles. The quantitative estimate of drug-likeness (QED) is 0.626. The van der Waals surface area contributed by atoms with E-state index in [-0.39, 0.29) is 5.25 Å². The van der Waals surface area contributed by atoms with Gasteiger partial charge in [0.1, 0.15) is 0 Å². The summed E-state index contributed by atoms with van der Waals surface area (Å²) in [7, 11) is -3.44. The normalized spacial score (nSPS) is 20.8. The first-order chi connectivity index (χ1) is 5.55. The predicted octanol–water partition coefficient (Wildman–Crippen LogP) is 1.28. The van der Waals surface area contributed by atoms with Crippen LogP contribution in [0, 0.1) is 0 Å². The maximum Gasteiger partial charge on any atom is 0.243 e. The molecule has 1 saturated carbocycles. The molecule has 0 radical (unpaired) electrons. The summed E-state index contributed by atoms with van der Waals surface area (Å²) in [6.07, 6.45) is 4.32. The Balaban J connectivity index is 2.74. The van der Waals surface area contributed by atoms with E-state index in [0.29, 0.717) is 12.8 Å². The average Bonchev–Trinajstić information content (AvgIpc) is 2.06. The summed E-state index contributed by atoms with van der Waals surface area (Å²) in [5.74, 6) is 0. The molecule has 0 aromatic rings. The lowest BCUT2D eigenvalue weighted by Crippen LogP contribution is -2.28. The fourth-order valence-electron chi connectivity index (χ4n) is 1.61. The van der Waals surface area contributed by atoms with Gasteiger partial charge < -0.3 is 0 Å². The lowest BCUT2D eigenvalue weighted by atomic mass is 10.0. The molecule has 0 N–H and O–H groups in total. The van der Waals surface area contributed by atoms with E-state index >= 15 is 0 Å². The lowest BCUT2D eigenvalue weighted by Gasteiger charge is -2.19. The topological polar surface area (TPSA) is 51.2 Å². The summed E-state index contributed by atoms with van der Waals surface area (Å²) in [5.41, 5.74) is 0. The largest absolute Gasteiger partial charge is 0.282 e. The third kappa shape index (κ3) is 1.86.